The number of rotatable bonds is 5. The fourth-order valence-electron chi connectivity index (χ4n) is 2.34. The van der Waals surface area contributed by atoms with Crippen LogP contribution in [0.2, 0.25) is 0 Å². The topological polar surface area (TPSA) is 15.3 Å². The molecule has 0 spiro atoms. The van der Waals surface area contributed by atoms with Crippen LogP contribution in [-0.2, 0) is 6.54 Å². The maximum Gasteiger partial charge on any atom is 0.0411 e. The standard InChI is InChI=1S/C17H28N2/c1-13(17(2,3)4)19(5)16-9-7-6-8-14(16)12-18-15-10-11-15/h6-9,13,15,18H,10-12H2,1-5H3. The largest absolute Gasteiger partial charge is 0.371 e. The Morgan fingerprint density at radius 3 is 2.47 bits per heavy atom. The van der Waals surface area contributed by atoms with Gasteiger partial charge in [0, 0.05) is 31.4 Å². The highest BCUT2D eigenvalue weighted by Crippen LogP contribution is 2.30. The van der Waals surface area contributed by atoms with Crippen LogP contribution in [-0.4, -0.2) is 19.1 Å². The van der Waals surface area contributed by atoms with Crippen LogP contribution in [0.15, 0.2) is 24.3 Å². The molecular weight excluding hydrogens is 232 g/mol. The van der Waals surface area contributed by atoms with Crippen LogP contribution in [0, 0.1) is 5.41 Å². The summed E-state index contributed by atoms with van der Waals surface area (Å²) in [4.78, 5) is 2.42. The van der Waals surface area contributed by atoms with Crippen molar-refractivity contribution < 1.29 is 0 Å². The molecule has 2 rings (SSSR count). The normalized spacial score (nSPS) is 17.3. The quantitative estimate of drug-likeness (QED) is 0.866. The second-order valence-corrected chi connectivity index (χ2v) is 6.94. The minimum Gasteiger partial charge on any atom is -0.371 e. The van der Waals surface area contributed by atoms with Gasteiger partial charge in [-0.3, -0.25) is 0 Å². The highest BCUT2D eigenvalue weighted by Gasteiger charge is 2.26. The van der Waals surface area contributed by atoms with Crippen molar-refractivity contribution in [1.82, 2.24) is 5.32 Å². The molecule has 1 aromatic rings. The van der Waals surface area contributed by atoms with Gasteiger partial charge < -0.3 is 10.2 Å². The minimum absolute atomic E-state index is 0.284. The average molecular weight is 260 g/mol. The van der Waals surface area contributed by atoms with Crippen molar-refractivity contribution in [3.8, 4) is 0 Å². The van der Waals surface area contributed by atoms with Gasteiger partial charge >= 0.3 is 0 Å². The van der Waals surface area contributed by atoms with E-state index in [2.05, 4.69) is 69.2 Å². The predicted octanol–water partition coefficient (Wildman–Crippen LogP) is 3.81. The molecule has 0 bridgehead atoms. The molecule has 0 amide bonds. The predicted molar refractivity (Wildman–Crippen MR) is 83.6 cm³/mol. The molecule has 0 aliphatic heterocycles. The van der Waals surface area contributed by atoms with Crippen molar-refractivity contribution >= 4 is 5.69 Å². The summed E-state index contributed by atoms with van der Waals surface area (Å²) in [5, 5.41) is 3.62. The van der Waals surface area contributed by atoms with E-state index < -0.39 is 0 Å². The van der Waals surface area contributed by atoms with Crippen molar-refractivity contribution in [2.24, 2.45) is 5.41 Å². The molecule has 1 unspecified atom stereocenters. The van der Waals surface area contributed by atoms with E-state index in [4.69, 9.17) is 0 Å². The molecule has 2 nitrogen and oxygen atoms in total. The number of benzene rings is 1. The first-order valence-electron chi connectivity index (χ1n) is 7.43. The number of nitrogens with zero attached hydrogens (tertiary/aromatic N) is 1. The molecule has 0 saturated heterocycles. The van der Waals surface area contributed by atoms with Crippen LogP contribution in [0.4, 0.5) is 5.69 Å². The first kappa shape index (κ1) is 14.4. The van der Waals surface area contributed by atoms with Gasteiger partial charge in [0.1, 0.15) is 0 Å². The minimum atomic E-state index is 0.284. The Bertz CT molecular complexity index is 416. The Hall–Kier alpha value is -1.02. The van der Waals surface area contributed by atoms with E-state index in [9.17, 15) is 0 Å². The summed E-state index contributed by atoms with van der Waals surface area (Å²) in [6.45, 7) is 10.2. The molecule has 1 aliphatic carbocycles. The van der Waals surface area contributed by atoms with Gasteiger partial charge in [-0.2, -0.15) is 0 Å². The van der Waals surface area contributed by atoms with E-state index in [1.165, 1.54) is 24.1 Å². The molecule has 0 heterocycles. The van der Waals surface area contributed by atoms with Crippen LogP contribution in [0.3, 0.4) is 0 Å². The molecule has 2 heteroatoms. The maximum atomic E-state index is 3.62. The molecule has 1 aromatic carbocycles. The first-order valence-corrected chi connectivity index (χ1v) is 7.43. The molecule has 19 heavy (non-hydrogen) atoms. The van der Waals surface area contributed by atoms with Gasteiger partial charge in [-0.05, 0) is 36.8 Å². The summed E-state index contributed by atoms with van der Waals surface area (Å²) in [5.74, 6) is 0. The molecule has 1 atom stereocenters. The Morgan fingerprint density at radius 1 is 1.26 bits per heavy atom. The number of hydrogen-bond acceptors (Lipinski definition) is 2. The smallest absolute Gasteiger partial charge is 0.0411 e. The Morgan fingerprint density at radius 2 is 1.89 bits per heavy atom. The lowest BCUT2D eigenvalue weighted by atomic mass is 9.86. The molecular formula is C17H28N2. The van der Waals surface area contributed by atoms with Gasteiger partial charge in [0.2, 0.25) is 0 Å². The van der Waals surface area contributed by atoms with Gasteiger partial charge in [0.15, 0.2) is 0 Å². The number of nitrogens with one attached hydrogen (secondary N) is 1. The average Bonchev–Trinajstić information content (AvgIpc) is 3.18. The maximum absolute atomic E-state index is 3.62. The second kappa shape index (κ2) is 5.54. The summed E-state index contributed by atoms with van der Waals surface area (Å²) in [7, 11) is 2.21. The van der Waals surface area contributed by atoms with E-state index in [0.717, 1.165) is 12.6 Å². The monoisotopic (exact) mass is 260 g/mol. The molecule has 1 fully saturated rings. The number of hydrogen-bond donors (Lipinski definition) is 1. The third-order valence-electron chi connectivity index (χ3n) is 4.36. The molecule has 1 aliphatic rings. The summed E-state index contributed by atoms with van der Waals surface area (Å²) in [5.41, 5.74) is 3.05. The zero-order chi connectivity index (χ0) is 14.0. The first-order chi connectivity index (χ1) is 8.89. The highest BCUT2D eigenvalue weighted by molar-refractivity contribution is 5.54. The van der Waals surface area contributed by atoms with E-state index in [1.54, 1.807) is 0 Å². The van der Waals surface area contributed by atoms with Crippen molar-refractivity contribution in [1.29, 1.82) is 0 Å². The van der Waals surface area contributed by atoms with E-state index in [-0.39, 0.29) is 5.41 Å². The zero-order valence-electron chi connectivity index (χ0n) is 13.0. The molecule has 0 aromatic heterocycles. The van der Waals surface area contributed by atoms with E-state index in [1.807, 2.05) is 0 Å². The van der Waals surface area contributed by atoms with Gasteiger partial charge in [-0.1, -0.05) is 39.0 Å². The van der Waals surface area contributed by atoms with Crippen LogP contribution < -0.4 is 10.2 Å². The fourth-order valence-corrected chi connectivity index (χ4v) is 2.34. The van der Waals surface area contributed by atoms with E-state index >= 15 is 0 Å². The van der Waals surface area contributed by atoms with Gasteiger partial charge in [0.25, 0.3) is 0 Å². The summed E-state index contributed by atoms with van der Waals surface area (Å²) in [6.07, 6.45) is 2.69. The number of para-hydroxylation sites is 1. The van der Waals surface area contributed by atoms with Crippen LogP contribution in [0.1, 0.15) is 46.1 Å². The van der Waals surface area contributed by atoms with Gasteiger partial charge in [0.05, 0.1) is 0 Å². The van der Waals surface area contributed by atoms with Gasteiger partial charge in [-0.15, -0.1) is 0 Å². The third-order valence-corrected chi connectivity index (χ3v) is 4.36. The van der Waals surface area contributed by atoms with Crippen molar-refractivity contribution in [3.05, 3.63) is 29.8 Å². The van der Waals surface area contributed by atoms with E-state index in [0.29, 0.717) is 6.04 Å². The van der Waals surface area contributed by atoms with Gasteiger partial charge in [-0.25, -0.2) is 0 Å². The summed E-state index contributed by atoms with van der Waals surface area (Å²) < 4.78 is 0. The Labute approximate surface area is 118 Å². The Balaban J connectivity index is 2.13. The summed E-state index contributed by atoms with van der Waals surface area (Å²) >= 11 is 0. The highest BCUT2D eigenvalue weighted by atomic mass is 15.1. The second-order valence-electron chi connectivity index (χ2n) is 6.94. The molecule has 1 N–H and O–H groups in total. The van der Waals surface area contributed by atoms with Crippen molar-refractivity contribution in [2.75, 3.05) is 11.9 Å². The molecule has 0 radical (unpaired) electrons. The third kappa shape index (κ3) is 3.73. The number of anilines is 1. The molecule has 106 valence electrons. The van der Waals surface area contributed by atoms with Crippen LogP contribution in [0.25, 0.3) is 0 Å². The summed E-state index contributed by atoms with van der Waals surface area (Å²) in [6, 6.07) is 10.0. The van der Waals surface area contributed by atoms with Crippen molar-refractivity contribution in [2.45, 2.75) is 59.2 Å². The fraction of sp³-hybridized carbons (Fsp3) is 0.647. The SMILES string of the molecule is CC(N(C)c1ccccc1CNC1CC1)C(C)(C)C. The lowest BCUT2D eigenvalue weighted by Gasteiger charge is -2.38. The van der Waals surface area contributed by atoms with Crippen molar-refractivity contribution in [3.63, 3.8) is 0 Å². The Kier molecular flexibility index (Phi) is 4.19. The van der Waals surface area contributed by atoms with Crippen LogP contribution in [0.5, 0.6) is 0 Å². The lowest BCUT2D eigenvalue weighted by molar-refractivity contribution is 0.329. The lowest BCUT2D eigenvalue weighted by Crippen LogP contribution is -2.40. The zero-order valence-corrected chi connectivity index (χ0v) is 13.0. The molecule has 1 saturated carbocycles. The van der Waals surface area contributed by atoms with Crippen LogP contribution >= 0.6 is 0 Å².